The zero-order chi connectivity index (χ0) is 13.3. The Morgan fingerprint density at radius 1 is 1.17 bits per heavy atom. The Morgan fingerprint density at radius 3 is 2.39 bits per heavy atom. The standard InChI is InChI=1S/C15H20N2O/c1-10-8-13(17-16-10)12-9-11(15(2,3)4)6-7-14(12)18-5/h6-9H,1-5H3,(H,16,17). The predicted molar refractivity (Wildman–Crippen MR) is 74.0 cm³/mol. The van der Waals surface area contributed by atoms with E-state index >= 15 is 0 Å². The smallest absolute Gasteiger partial charge is 0.128 e. The van der Waals surface area contributed by atoms with E-state index in [9.17, 15) is 0 Å². The number of aromatic amines is 1. The Bertz CT molecular complexity index is 550. The number of aromatic nitrogens is 2. The molecule has 0 bridgehead atoms. The normalized spacial score (nSPS) is 11.6. The van der Waals surface area contributed by atoms with Crippen molar-refractivity contribution < 1.29 is 4.74 Å². The number of aryl methyl sites for hydroxylation is 1. The molecule has 0 aliphatic heterocycles. The first-order valence-electron chi connectivity index (χ1n) is 6.12. The molecule has 0 aliphatic carbocycles. The molecule has 3 heteroatoms. The Morgan fingerprint density at radius 2 is 1.89 bits per heavy atom. The summed E-state index contributed by atoms with van der Waals surface area (Å²) in [6, 6.07) is 8.32. The van der Waals surface area contributed by atoms with E-state index in [0.717, 1.165) is 22.7 Å². The second-order valence-electron chi connectivity index (χ2n) is 5.60. The molecule has 2 aromatic rings. The van der Waals surface area contributed by atoms with Gasteiger partial charge in [0.2, 0.25) is 0 Å². The summed E-state index contributed by atoms with van der Waals surface area (Å²) in [4.78, 5) is 0. The van der Waals surface area contributed by atoms with Crippen LogP contribution in [0.25, 0.3) is 11.3 Å². The van der Waals surface area contributed by atoms with Gasteiger partial charge in [0.25, 0.3) is 0 Å². The lowest BCUT2D eigenvalue weighted by atomic mass is 9.85. The van der Waals surface area contributed by atoms with Crippen molar-refractivity contribution in [3.05, 3.63) is 35.5 Å². The summed E-state index contributed by atoms with van der Waals surface area (Å²) >= 11 is 0. The fourth-order valence-electron chi connectivity index (χ4n) is 1.93. The number of nitrogens with one attached hydrogen (secondary N) is 1. The third kappa shape index (κ3) is 2.40. The number of benzene rings is 1. The minimum Gasteiger partial charge on any atom is -0.496 e. The maximum Gasteiger partial charge on any atom is 0.128 e. The summed E-state index contributed by atoms with van der Waals surface area (Å²) < 4.78 is 5.42. The maximum atomic E-state index is 5.42. The number of nitrogens with zero attached hydrogens (tertiary/aromatic N) is 1. The quantitative estimate of drug-likeness (QED) is 0.874. The number of hydrogen-bond donors (Lipinski definition) is 1. The molecular weight excluding hydrogens is 224 g/mol. The Labute approximate surface area is 108 Å². The lowest BCUT2D eigenvalue weighted by molar-refractivity contribution is 0.415. The molecule has 2 rings (SSSR count). The van der Waals surface area contributed by atoms with E-state index in [2.05, 4.69) is 43.1 Å². The monoisotopic (exact) mass is 244 g/mol. The summed E-state index contributed by atoms with van der Waals surface area (Å²) in [6.07, 6.45) is 0. The second kappa shape index (κ2) is 4.48. The number of hydrogen-bond acceptors (Lipinski definition) is 2. The minimum absolute atomic E-state index is 0.117. The molecule has 0 unspecified atom stereocenters. The topological polar surface area (TPSA) is 37.9 Å². The first kappa shape index (κ1) is 12.7. The molecule has 0 fully saturated rings. The van der Waals surface area contributed by atoms with Crippen molar-refractivity contribution in [3.63, 3.8) is 0 Å². The SMILES string of the molecule is COc1ccc(C(C)(C)C)cc1-c1cc(C)[nH]n1. The van der Waals surface area contributed by atoms with Crippen molar-refractivity contribution in [3.8, 4) is 17.0 Å². The Balaban J connectivity index is 2.56. The highest BCUT2D eigenvalue weighted by Gasteiger charge is 2.17. The van der Waals surface area contributed by atoms with Gasteiger partial charge in [0.1, 0.15) is 5.75 Å². The fraction of sp³-hybridized carbons (Fsp3) is 0.400. The van der Waals surface area contributed by atoms with Crippen molar-refractivity contribution in [1.29, 1.82) is 0 Å². The minimum atomic E-state index is 0.117. The van der Waals surface area contributed by atoms with Crippen molar-refractivity contribution in [2.45, 2.75) is 33.1 Å². The zero-order valence-corrected chi connectivity index (χ0v) is 11.7. The van der Waals surface area contributed by atoms with Crippen LogP contribution in [-0.2, 0) is 5.41 Å². The van der Waals surface area contributed by atoms with Gasteiger partial charge in [-0.05, 0) is 36.1 Å². The molecule has 18 heavy (non-hydrogen) atoms. The summed E-state index contributed by atoms with van der Waals surface area (Å²) in [5.74, 6) is 0.856. The summed E-state index contributed by atoms with van der Waals surface area (Å²) in [7, 11) is 1.69. The van der Waals surface area contributed by atoms with Crippen LogP contribution in [0.15, 0.2) is 24.3 Å². The number of methoxy groups -OCH3 is 1. The molecule has 0 radical (unpaired) electrons. The first-order valence-corrected chi connectivity index (χ1v) is 6.12. The zero-order valence-electron chi connectivity index (χ0n) is 11.7. The van der Waals surface area contributed by atoms with Crippen LogP contribution in [0, 0.1) is 6.92 Å². The van der Waals surface area contributed by atoms with Crippen molar-refractivity contribution in [2.24, 2.45) is 0 Å². The maximum absolute atomic E-state index is 5.42. The van der Waals surface area contributed by atoms with Gasteiger partial charge in [-0.25, -0.2) is 0 Å². The summed E-state index contributed by atoms with van der Waals surface area (Å²) in [5, 5.41) is 7.28. The average molecular weight is 244 g/mol. The summed E-state index contributed by atoms with van der Waals surface area (Å²) in [6.45, 7) is 8.60. The molecular formula is C15H20N2O. The van der Waals surface area contributed by atoms with Gasteiger partial charge in [-0.3, -0.25) is 5.10 Å². The molecule has 1 aromatic heterocycles. The molecule has 1 aromatic carbocycles. The van der Waals surface area contributed by atoms with Crippen molar-refractivity contribution in [1.82, 2.24) is 10.2 Å². The lowest BCUT2D eigenvalue weighted by Crippen LogP contribution is -2.11. The third-order valence-corrected chi connectivity index (χ3v) is 3.05. The van der Waals surface area contributed by atoms with Gasteiger partial charge in [0, 0.05) is 11.3 Å². The van der Waals surface area contributed by atoms with Crippen LogP contribution in [0.4, 0.5) is 0 Å². The van der Waals surface area contributed by atoms with E-state index in [4.69, 9.17) is 4.74 Å². The van der Waals surface area contributed by atoms with E-state index in [1.54, 1.807) is 7.11 Å². The highest BCUT2D eigenvalue weighted by atomic mass is 16.5. The van der Waals surface area contributed by atoms with Crippen LogP contribution in [0.5, 0.6) is 5.75 Å². The third-order valence-electron chi connectivity index (χ3n) is 3.05. The number of rotatable bonds is 2. The molecule has 0 atom stereocenters. The van der Waals surface area contributed by atoms with Gasteiger partial charge in [0.05, 0.1) is 12.8 Å². The molecule has 96 valence electrons. The van der Waals surface area contributed by atoms with E-state index in [-0.39, 0.29) is 5.41 Å². The van der Waals surface area contributed by atoms with E-state index in [0.29, 0.717) is 0 Å². The highest BCUT2D eigenvalue weighted by molar-refractivity contribution is 5.68. The Hall–Kier alpha value is -1.77. The molecule has 3 nitrogen and oxygen atoms in total. The van der Waals surface area contributed by atoms with Gasteiger partial charge >= 0.3 is 0 Å². The van der Waals surface area contributed by atoms with Gasteiger partial charge in [-0.1, -0.05) is 26.8 Å². The Kier molecular flexibility index (Phi) is 3.16. The number of H-pyrrole nitrogens is 1. The molecule has 1 N–H and O–H groups in total. The molecule has 0 saturated carbocycles. The van der Waals surface area contributed by atoms with Crippen molar-refractivity contribution in [2.75, 3.05) is 7.11 Å². The largest absolute Gasteiger partial charge is 0.496 e. The molecule has 1 heterocycles. The van der Waals surface area contributed by atoms with E-state index in [1.165, 1.54) is 5.56 Å². The molecule has 0 spiro atoms. The molecule has 0 amide bonds. The van der Waals surface area contributed by atoms with E-state index < -0.39 is 0 Å². The average Bonchev–Trinajstić information content (AvgIpc) is 2.73. The van der Waals surface area contributed by atoms with Gasteiger partial charge in [0.15, 0.2) is 0 Å². The first-order chi connectivity index (χ1) is 8.41. The van der Waals surface area contributed by atoms with E-state index in [1.807, 2.05) is 19.1 Å². The highest BCUT2D eigenvalue weighted by Crippen LogP contribution is 2.33. The lowest BCUT2D eigenvalue weighted by Gasteiger charge is -2.20. The van der Waals surface area contributed by atoms with Gasteiger partial charge < -0.3 is 4.74 Å². The van der Waals surface area contributed by atoms with Gasteiger partial charge in [-0.15, -0.1) is 0 Å². The van der Waals surface area contributed by atoms with Crippen LogP contribution in [-0.4, -0.2) is 17.3 Å². The molecule has 0 saturated heterocycles. The predicted octanol–water partition coefficient (Wildman–Crippen LogP) is 3.69. The fourth-order valence-corrected chi connectivity index (χ4v) is 1.93. The number of ether oxygens (including phenoxy) is 1. The van der Waals surface area contributed by atoms with Crippen molar-refractivity contribution >= 4 is 0 Å². The van der Waals surface area contributed by atoms with Crippen LogP contribution in [0.3, 0.4) is 0 Å². The second-order valence-corrected chi connectivity index (χ2v) is 5.60. The van der Waals surface area contributed by atoms with Crippen LogP contribution in [0.2, 0.25) is 0 Å². The summed E-state index contributed by atoms with van der Waals surface area (Å²) in [5.41, 5.74) is 4.41. The van der Waals surface area contributed by atoms with Gasteiger partial charge in [-0.2, -0.15) is 5.10 Å². The molecule has 0 aliphatic rings. The van der Waals surface area contributed by atoms with Crippen LogP contribution < -0.4 is 4.74 Å². The van der Waals surface area contributed by atoms with Crippen LogP contribution in [0.1, 0.15) is 32.0 Å². The van der Waals surface area contributed by atoms with Crippen LogP contribution >= 0.6 is 0 Å².